The number of benzene rings is 2. The van der Waals surface area contributed by atoms with Gasteiger partial charge in [-0.25, -0.2) is 9.69 Å². The molecule has 2 aliphatic rings. The highest BCUT2D eigenvalue weighted by Crippen LogP contribution is 2.48. The van der Waals surface area contributed by atoms with Gasteiger partial charge in [0.1, 0.15) is 6.61 Å². The predicted octanol–water partition coefficient (Wildman–Crippen LogP) is 3.81. The smallest absolute Gasteiger partial charge is 0.418 e. The molecule has 9 heteroatoms. The first-order valence-corrected chi connectivity index (χ1v) is 7.91. The van der Waals surface area contributed by atoms with Crippen molar-refractivity contribution in [1.29, 1.82) is 0 Å². The predicted molar refractivity (Wildman–Crippen MR) is 84.2 cm³/mol. The minimum absolute atomic E-state index is 0.0861. The SMILES string of the molecule is O=C(OCc1ccccc1)N1C(=O)c2cc3c(cc2[C@H]1C(F)(F)F)OCO3. The minimum atomic E-state index is -4.87. The lowest BCUT2D eigenvalue weighted by molar-refractivity contribution is -0.173. The summed E-state index contributed by atoms with van der Waals surface area (Å²) >= 11 is 0. The summed E-state index contributed by atoms with van der Waals surface area (Å²) in [7, 11) is 0. The molecule has 0 bridgehead atoms. The van der Waals surface area contributed by atoms with Gasteiger partial charge in [0, 0.05) is 11.1 Å². The second-order valence-electron chi connectivity index (χ2n) is 5.95. The van der Waals surface area contributed by atoms with Crippen molar-refractivity contribution < 1.29 is 37.0 Å². The largest absolute Gasteiger partial charge is 0.454 e. The average molecular weight is 379 g/mol. The van der Waals surface area contributed by atoms with E-state index in [9.17, 15) is 22.8 Å². The van der Waals surface area contributed by atoms with Gasteiger partial charge in [-0.1, -0.05) is 30.3 Å². The molecule has 0 aromatic heterocycles. The van der Waals surface area contributed by atoms with Gasteiger partial charge in [-0.2, -0.15) is 13.2 Å². The Bertz CT molecular complexity index is 913. The van der Waals surface area contributed by atoms with Crippen LogP contribution in [0, 0.1) is 0 Å². The summed E-state index contributed by atoms with van der Waals surface area (Å²) < 4.78 is 56.1. The summed E-state index contributed by atoms with van der Waals surface area (Å²) in [6, 6.07) is 8.22. The molecule has 2 aliphatic heterocycles. The lowest BCUT2D eigenvalue weighted by atomic mass is 10.0. The van der Waals surface area contributed by atoms with Gasteiger partial charge in [-0.3, -0.25) is 4.79 Å². The number of carbonyl (C=O) groups is 2. The number of hydrogen-bond donors (Lipinski definition) is 0. The molecule has 0 saturated heterocycles. The maximum Gasteiger partial charge on any atom is 0.418 e. The van der Waals surface area contributed by atoms with Crippen LogP contribution in [0.3, 0.4) is 0 Å². The molecule has 2 amide bonds. The van der Waals surface area contributed by atoms with Crippen LogP contribution in [-0.4, -0.2) is 29.9 Å². The van der Waals surface area contributed by atoms with E-state index in [1.54, 1.807) is 30.3 Å². The molecule has 0 saturated carbocycles. The van der Waals surface area contributed by atoms with Gasteiger partial charge in [0.05, 0.1) is 0 Å². The number of nitrogens with zero attached hydrogens (tertiary/aromatic N) is 1. The zero-order valence-corrected chi connectivity index (χ0v) is 13.7. The Balaban J connectivity index is 1.65. The van der Waals surface area contributed by atoms with Crippen molar-refractivity contribution in [2.45, 2.75) is 18.8 Å². The number of fused-ring (bicyclic) bond motifs is 2. The number of ether oxygens (including phenoxy) is 3. The summed E-state index contributed by atoms with van der Waals surface area (Å²) in [6.45, 7) is -0.404. The Labute approximate surface area is 151 Å². The minimum Gasteiger partial charge on any atom is -0.454 e. The summed E-state index contributed by atoms with van der Waals surface area (Å²) in [6.07, 6.45) is -6.25. The van der Waals surface area contributed by atoms with Crippen molar-refractivity contribution in [2.24, 2.45) is 0 Å². The third kappa shape index (κ3) is 2.94. The molecular formula is C18H12F3NO5. The lowest BCUT2D eigenvalue weighted by Gasteiger charge is -2.25. The van der Waals surface area contributed by atoms with Gasteiger partial charge in [0.2, 0.25) is 6.79 Å². The second-order valence-corrected chi connectivity index (χ2v) is 5.95. The second kappa shape index (κ2) is 6.19. The van der Waals surface area contributed by atoms with Gasteiger partial charge in [0.15, 0.2) is 17.5 Å². The van der Waals surface area contributed by atoms with Crippen LogP contribution in [-0.2, 0) is 11.3 Å². The van der Waals surface area contributed by atoms with Gasteiger partial charge < -0.3 is 14.2 Å². The zero-order valence-electron chi connectivity index (χ0n) is 13.7. The third-order valence-electron chi connectivity index (χ3n) is 4.26. The van der Waals surface area contributed by atoms with Crippen molar-refractivity contribution in [3.63, 3.8) is 0 Å². The highest BCUT2D eigenvalue weighted by Gasteiger charge is 2.56. The molecule has 27 heavy (non-hydrogen) atoms. The first-order chi connectivity index (χ1) is 12.9. The maximum atomic E-state index is 13.7. The Morgan fingerprint density at radius 2 is 1.81 bits per heavy atom. The normalized spacial score (nSPS) is 17.8. The topological polar surface area (TPSA) is 65.1 Å². The molecule has 0 unspecified atom stereocenters. The number of imide groups is 1. The van der Waals surface area contributed by atoms with Gasteiger partial charge in [-0.05, 0) is 17.7 Å². The molecule has 2 heterocycles. The Morgan fingerprint density at radius 3 is 2.48 bits per heavy atom. The molecule has 1 atom stereocenters. The number of halogens is 3. The first-order valence-electron chi connectivity index (χ1n) is 7.91. The first kappa shape index (κ1) is 17.2. The highest BCUT2D eigenvalue weighted by atomic mass is 19.4. The molecule has 0 fully saturated rings. The number of alkyl halides is 3. The molecule has 4 rings (SSSR count). The van der Waals surface area contributed by atoms with E-state index in [-0.39, 0.29) is 40.9 Å². The number of carbonyl (C=O) groups excluding carboxylic acids is 2. The van der Waals surface area contributed by atoms with Crippen molar-refractivity contribution >= 4 is 12.0 Å². The molecule has 0 N–H and O–H groups in total. The fourth-order valence-corrected chi connectivity index (χ4v) is 3.06. The Hall–Kier alpha value is -3.23. The van der Waals surface area contributed by atoms with E-state index in [4.69, 9.17) is 14.2 Å². The maximum absolute atomic E-state index is 13.7. The van der Waals surface area contributed by atoms with E-state index >= 15 is 0 Å². The molecule has 2 aromatic rings. The van der Waals surface area contributed by atoms with Crippen LogP contribution in [0.15, 0.2) is 42.5 Å². The average Bonchev–Trinajstić information content (AvgIpc) is 3.20. The van der Waals surface area contributed by atoms with E-state index in [0.717, 1.165) is 12.1 Å². The fourth-order valence-electron chi connectivity index (χ4n) is 3.06. The van der Waals surface area contributed by atoms with Crippen LogP contribution < -0.4 is 9.47 Å². The number of amides is 2. The Kier molecular flexibility index (Phi) is 3.94. The molecule has 0 aliphatic carbocycles. The summed E-state index contributed by atoms with van der Waals surface area (Å²) in [5, 5.41) is 0. The lowest BCUT2D eigenvalue weighted by Crippen LogP contribution is -2.41. The highest BCUT2D eigenvalue weighted by molar-refractivity contribution is 6.08. The standard InChI is InChI=1S/C18H12F3NO5/c19-18(20,21)15-11-6-13-14(27-9-26-13)7-12(11)16(23)22(15)17(24)25-8-10-4-2-1-3-5-10/h1-7,15H,8-9H2/t15-/m0/s1. The van der Waals surface area contributed by atoms with Crippen LogP contribution in [0.2, 0.25) is 0 Å². The summed E-state index contributed by atoms with van der Waals surface area (Å²) in [5.41, 5.74) is -0.0500. The van der Waals surface area contributed by atoms with E-state index in [1.807, 2.05) is 0 Å². The number of rotatable bonds is 2. The third-order valence-corrected chi connectivity index (χ3v) is 4.26. The molecule has 0 radical (unpaired) electrons. The van der Waals surface area contributed by atoms with E-state index < -0.39 is 24.2 Å². The van der Waals surface area contributed by atoms with Crippen molar-refractivity contribution in [3.05, 3.63) is 59.2 Å². The van der Waals surface area contributed by atoms with Crippen LogP contribution in [0.5, 0.6) is 11.5 Å². The van der Waals surface area contributed by atoms with Gasteiger partial charge in [-0.15, -0.1) is 0 Å². The summed E-state index contributed by atoms with van der Waals surface area (Å²) in [4.78, 5) is 24.9. The molecule has 6 nitrogen and oxygen atoms in total. The van der Waals surface area contributed by atoms with Crippen molar-refractivity contribution in [2.75, 3.05) is 6.79 Å². The van der Waals surface area contributed by atoms with E-state index in [2.05, 4.69) is 0 Å². The Morgan fingerprint density at radius 1 is 1.15 bits per heavy atom. The zero-order chi connectivity index (χ0) is 19.2. The molecule has 0 spiro atoms. The van der Waals surface area contributed by atoms with Crippen LogP contribution >= 0.6 is 0 Å². The van der Waals surface area contributed by atoms with Crippen molar-refractivity contribution in [3.8, 4) is 11.5 Å². The van der Waals surface area contributed by atoms with E-state index in [0.29, 0.717) is 5.56 Å². The van der Waals surface area contributed by atoms with Crippen molar-refractivity contribution in [1.82, 2.24) is 4.90 Å². The molecule has 2 aromatic carbocycles. The summed E-state index contributed by atoms with van der Waals surface area (Å²) in [5.74, 6) is -0.846. The fraction of sp³-hybridized carbons (Fsp3) is 0.222. The monoisotopic (exact) mass is 379 g/mol. The van der Waals surface area contributed by atoms with Gasteiger partial charge in [0.25, 0.3) is 5.91 Å². The molecule has 140 valence electrons. The van der Waals surface area contributed by atoms with Crippen LogP contribution in [0.25, 0.3) is 0 Å². The van der Waals surface area contributed by atoms with Crippen LogP contribution in [0.1, 0.15) is 27.5 Å². The van der Waals surface area contributed by atoms with Gasteiger partial charge >= 0.3 is 12.3 Å². The quantitative estimate of drug-likeness (QED) is 0.794. The van der Waals surface area contributed by atoms with E-state index in [1.165, 1.54) is 0 Å². The number of hydrogen-bond acceptors (Lipinski definition) is 5. The molecular weight excluding hydrogens is 367 g/mol. The van der Waals surface area contributed by atoms with Crippen LogP contribution in [0.4, 0.5) is 18.0 Å².